The number of para-hydroxylation sites is 1. The van der Waals surface area contributed by atoms with Gasteiger partial charge in [-0.2, -0.15) is 0 Å². The van der Waals surface area contributed by atoms with Crippen molar-refractivity contribution < 1.29 is 9.59 Å². The summed E-state index contributed by atoms with van der Waals surface area (Å²) >= 11 is 0. The Morgan fingerprint density at radius 3 is 2.27 bits per heavy atom. The van der Waals surface area contributed by atoms with E-state index in [0.29, 0.717) is 0 Å². The van der Waals surface area contributed by atoms with E-state index < -0.39 is 6.03 Å². The first kappa shape index (κ1) is 18.0. The maximum atomic E-state index is 12.1. The molecule has 0 bridgehead atoms. The summed E-state index contributed by atoms with van der Waals surface area (Å²) in [5.74, 6) is -0.321. The molecule has 5 heteroatoms. The second kappa shape index (κ2) is 7.29. The number of hydrogen-bond acceptors (Lipinski definition) is 3. The van der Waals surface area contributed by atoms with Crippen LogP contribution in [0.4, 0.5) is 10.5 Å². The predicted octanol–water partition coefficient (Wildman–Crippen LogP) is 2.83. The lowest BCUT2D eigenvalue weighted by Crippen LogP contribution is -2.51. The summed E-state index contributed by atoms with van der Waals surface area (Å²) in [5.41, 5.74) is 1.73. The van der Waals surface area contributed by atoms with Crippen LogP contribution in [0.25, 0.3) is 0 Å². The van der Waals surface area contributed by atoms with Gasteiger partial charge in [0.25, 0.3) is 0 Å². The van der Waals surface area contributed by atoms with Crippen LogP contribution in [0.15, 0.2) is 24.3 Å². The zero-order valence-electron chi connectivity index (χ0n) is 14.4. The van der Waals surface area contributed by atoms with Crippen LogP contribution in [0, 0.1) is 6.92 Å². The third kappa shape index (κ3) is 5.76. The van der Waals surface area contributed by atoms with Gasteiger partial charge in [-0.15, -0.1) is 0 Å². The quantitative estimate of drug-likeness (QED) is 0.899. The van der Waals surface area contributed by atoms with E-state index in [2.05, 4.69) is 10.6 Å². The van der Waals surface area contributed by atoms with Crippen LogP contribution in [0.2, 0.25) is 0 Å². The Morgan fingerprint density at radius 1 is 1.18 bits per heavy atom. The molecule has 0 aliphatic carbocycles. The minimum absolute atomic E-state index is 0.139. The molecule has 0 radical (unpaired) electrons. The van der Waals surface area contributed by atoms with Crippen LogP contribution in [-0.4, -0.2) is 30.1 Å². The molecule has 0 aliphatic rings. The third-order valence-corrected chi connectivity index (χ3v) is 3.10. The summed E-state index contributed by atoms with van der Waals surface area (Å²) in [7, 11) is 0. The molecular weight excluding hydrogens is 278 g/mol. The van der Waals surface area contributed by atoms with E-state index in [1.165, 1.54) is 0 Å². The van der Waals surface area contributed by atoms with Crippen LogP contribution in [0.3, 0.4) is 0 Å². The standard InChI is InChI=1S/C17H27N3O2/c1-12(2)20(14-10-8-7-9-13(14)3)11-15(21)18-16(22)19-17(4,5)6/h7-10,12H,11H2,1-6H3,(H2,18,19,21,22). The van der Waals surface area contributed by atoms with E-state index in [-0.39, 0.29) is 24.0 Å². The maximum Gasteiger partial charge on any atom is 0.321 e. The van der Waals surface area contributed by atoms with E-state index in [4.69, 9.17) is 0 Å². The van der Waals surface area contributed by atoms with Crippen molar-refractivity contribution in [3.8, 4) is 0 Å². The van der Waals surface area contributed by atoms with Crippen molar-refractivity contribution in [3.63, 3.8) is 0 Å². The Labute approximate surface area is 133 Å². The molecule has 22 heavy (non-hydrogen) atoms. The molecular formula is C17H27N3O2. The summed E-state index contributed by atoms with van der Waals surface area (Å²) in [4.78, 5) is 25.9. The van der Waals surface area contributed by atoms with Crippen LogP contribution in [0.1, 0.15) is 40.2 Å². The second-order valence-electron chi connectivity index (χ2n) is 6.76. The average Bonchev–Trinajstić information content (AvgIpc) is 2.34. The number of urea groups is 1. The van der Waals surface area contributed by atoms with Crippen LogP contribution in [0.5, 0.6) is 0 Å². The largest absolute Gasteiger partial charge is 0.360 e. The van der Waals surface area contributed by atoms with E-state index in [1.807, 2.05) is 70.7 Å². The number of nitrogens with zero attached hydrogens (tertiary/aromatic N) is 1. The van der Waals surface area contributed by atoms with Crippen LogP contribution in [-0.2, 0) is 4.79 Å². The van der Waals surface area contributed by atoms with E-state index in [9.17, 15) is 9.59 Å². The van der Waals surface area contributed by atoms with Gasteiger partial charge in [0, 0.05) is 17.3 Å². The molecule has 0 aromatic heterocycles. The molecule has 1 aromatic carbocycles. The highest BCUT2D eigenvalue weighted by Crippen LogP contribution is 2.21. The van der Waals surface area contributed by atoms with Crippen molar-refractivity contribution in [1.29, 1.82) is 0 Å². The summed E-state index contributed by atoms with van der Waals surface area (Å²) in [6, 6.07) is 7.59. The van der Waals surface area contributed by atoms with Gasteiger partial charge in [-0.05, 0) is 53.2 Å². The van der Waals surface area contributed by atoms with Gasteiger partial charge in [-0.1, -0.05) is 18.2 Å². The highest BCUT2D eigenvalue weighted by molar-refractivity contribution is 5.96. The molecule has 0 aliphatic heterocycles. The van der Waals surface area contributed by atoms with Gasteiger partial charge in [0.1, 0.15) is 0 Å². The fraction of sp³-hybridized carbons (Fsp3) is 0.529. The first-order chi connectivity index (χ1) is 10.1. The van der Waals surface area contributed by atoms with Gasteiger partial charge in [-0.25, -0.2) is 4.79 Å². The number of anilines is 1. The van der Waals surface area contributed by atoms with Gasteiger partial charge < -0.3 is 10.2 Å². The number of hydrogen-bond donors (Lipinski definition) is 2. The maximum absolute atomic E-state index is 12.1. The van der Waals surface area contributed by atoms with Crippen LogP contribution < -0.4 is 15.5 Å². The fourth-order valence-corrected chi connectivity index (χ4v) is 2.12. The molecule has 0 saturated heterocycles. The molecule has 2 N–H and O–H groups in total. The van der Waals surface area contributed by atoms with Crippen LogP contribution >= 0.6 is 0 Å². The monoisotopic (exact) mass is 305 g/mol. The molecule has 5 nitrogen and oxygen atoms in total. The van der Waals surface area contributed by atoms with E-state index in [1.54, 1.807) is 0 Å². The molecule has 0 unspecified atom stereocenters. The van der Waals surface area contributed by atoms with Gasteiger partial charge in [0.15, 0.2) is 0 Å². The lowest BCUT2D eigenvalue weighted by atomic mass is 10.1. The summed E-state index contributed by atoms with van der Waals surface area (Å²) in [5, 5.41) is 5.09. The van der Waals surface area contributed by atoms with Gasteiger partial charge in [0.2, 0.25) is 5.91 Å². The minimum atomic E-state index is -0.467. The van der Waals surface area contributed by atoms with Gasteiger partial charge >= 0.3 is 6.03 Å². The molecule has 1 rings (SSSR count). The SMILES string of the molecule is Cc1ccccc1N(CC(=O)NC(=O)NC(C)(C)C)C(C)C. The number of carbonyl (C=O) groups is 2. The molecule has 1 aromatic rings. The van der Waals surface area contributed by atoms with E-state index in [0.717, 1.165) is 11.3 Å². The van der Waals surface area contributed by atoms with Crippen molar-refractivity contribution in [3.05, 3.63) is 29.8 Å². The number of aryl methyl sites for hydroxylation is 1. The van der Waals surface area contributed by atoms with Crippen molar-refractivity contribution in [2.75, 3.05) is 11.4 Å². The highest BCUT2D eigenvalue weighted by atomic mass is 16.2. The van der Waals surface area contributed by atoms with E-state index >= 15 is 0 Å². The lowest BCUT2D eigenvalue weighted by molar-refractivity contribution is -0.118. The molecule has 0 saturated carbocycles. The Kier molecular flexibility index (Phi) is 5.97. The Balaban J connectivity index is 2.74. The van der Waals surface area contributed by atoms with Gasteiger partial charge in [0.05, 0.1) is 6.54 Å². The molecule has 0 atom stereocenters. The number of nitrogens with one attached hydrogen (secondary N) is 2. The van der Waals surface area contributed by atoms with Gasteiger partial charge in [-0.3, -0.25) is 10.1 Å². The minimum Gasteiger partial charge on any atom is -0.360 e. The average molecular weight is 305 g/mol. The first-order valence-electron chi connectivity index (χ1n) is 7.54. The number of carbonyl (C=O) groups excluding carboxylic acids is 2. The molecule has 0 heterocycles. The Morgan fingerprint density at radius 2 is 1.77 bits per heavy atom. The number of benzene rings is 1. The van der Waals surface area contributed by atoms with Crippen molar-refractivity contribution >= 4 is 17.6 Å². The molecule has 0 spiro atoms. The summed E-state index contributed by atoms with van der Waals surface area (Å²) in [6.45, 7) is 11.8. The first-order valence-corrected chi connectivity index (χ1v) is 7.54. The third-order valence-electron chi connectivity index (χ3n) is 3.10. The Bertz CT molecular complexity index is 533. The highest BCUT2D eigenvalue weighted by Gasteiger charge is 2.19. The fourth-order valence-electron chi connectivity index (χ4n) is 2.12. The zero-order valence-corrected chi connectivity index (χ0v) is 14.4. The normalized spacial score (nSPS) is 11.2. The molecule has 0 fully saturated rings. The topological polar surface area (TPSA) is 61.4 Å². The molecule has 122 valence electrons. The summed E-state index contributed by atoms with van der Waals surface area (Å²) in [6.07, 6.45) is 0. The number of imide groups is 1. The second-order valence-corrected chi connectivity index (χ2v) is 6.76. The molecule has 3 amide bonds. The zero-order chi connectivity index (χ0) is 16.9. The smallest absolute Gasteiger partial charge is 0.321 e. The summed E-state index contributed by atoms with van der Waals surface area (Å²) < 4.78 is 0. The predicted molar refractivity (Wildman–Crippen MR) is 90.1 cm³/mol. The number of amides is 3. The van der Waals surface area contributed by atoms with Crippen molar-refractivity contribution in [2.45, 2.75) is 53.1 Å². The van der Waals surface area contributed by atoms with Crippen molar-refractivity contribution in [1.82, 2.24) is 10.6 Å². The number of rotatable bonds is 4. The Hall–Kier alpha value is -2.04. The lowest BCUT2D eigenvalue weighted by Gasteiger charge is -2.30. The van der Waals surface area contributed by atoms with Crippen molar-refractivity contribution in [2.24, 2.45) is 0 Å².